The van der Waals surface area contributed by atoms with Crippen LogP contribution in [0.3, 0.4) is 0 Å². The molecule has 0 aromatic carbocycles. The molecule has 3 heteroatoms. The van der Waals surface area contributed by atoms with E-state index in [0.717, 1.165) is 26.2 Å². The number of ether oxygens (including phenoxy) is 1. The Labute approximate surface area is 88.0 Å². The fourth-order valence-corrected chi connectivity index (χ4v) is 1.88. The van der Waals surface area contributed by atoms with E-state index in [1.54, 1.807) is 0 Å². The van der Waals surface area contributed by atoms with E-state index in [1.165, 1.54) is 19.4 Å². The quantitative estimate of drug-likeness (QED) is 0.660. The van der Waals surface area contributed by atoms with Crippen LogP contribution in [0.2, 0.25) is 0 Å². The Morgan fingerprint density at radius 3 is 2.86 bits per heavy atom. The summed E-state index contributed by atoms with van der Waals surface area (Å²) in [4.78, 5) is 4.73. The van der Waals surface area contributed by atoms with E-state index in [2.05, 4.69) is 30.8 Å². The molecule has 84 valence electrons. The van der Waals surface area contributed by atoms with Crippen LogP contribution in [0.15, 0.2) is 0 Å². The Morgan fingerprint density at radius 1 is 1.43 bits per heavy atom. The molecule has 1 heterocycles. The minimum atomic E-state index is 0.413. The third-order valence-corrected chi connectivity index (χ3v) is 2.62. The highest BCUT2D eigenvalue weighted by Crippen LogP contribution is 2.07. The molecule has 3 nitrogen and oxygen atoms in total. The molecule has 0 radical (unpaired) electrons. The van der Waals surface area contributed by atoms with E-state index in [9.17, 15) is 0 Å². The van der Waals surface area contributed by atoms with Crippen LogP contribution >= 0.6 is 0 Å². The van der Waals surface area contributed by atoms with E-state index >= 15 is 0 Å². The summed E-state index contributed by atoms with van der Waals surface area (Å²) in [6, 6.07) is 0. The molecule has 1 atom stereocenters. The van der Waals surface area contributed by atoms with Gasteiger partial charge in [0.05, 0.1) is 12.7 Å². The Kier molecular flexibility index (Phi) is 5.45. The van der Waals surface area contributed by atoms with Crippen LogP contribution in [-0.2, 0) is 4.74 Å². The van der Waals surface area contributed by atoms with Crippen molar-refractivity contribution in [2.45, 2.75) is 25.9 Å². The fourth-order valence-electron chi connectivity index (χ4n) is 1.88. The van der Waals surface area contributed by atoms with E-state index in [0.29, 0.717) is 6.10 Å². The SMILES string of the molecule is CCCCN1CCO[C@@H](CN(C)C)C1. The summed E-state index contributed by atoms with van der Waals surface area (Å²) in [6.45, 7) is 7.66. The molecule has 1 rings (SSSR count). The van der Waals surface area contributed by atoms with Crippen molar-refractivity contribution >= 4 is 0 Å². The molecular formula is C11H24N2O. The van der Waals surface area contributed by atoms with Gasteiger partial charge in [-0.15, -0.1) is 0 Å². The van der Waals surface area contributed by atoms with Crippen LogP contribution in [0.4, 0.5) is 0 Å². The molecule has 0 aromatic rings. The first-order valence-corrected chi connectivity index (χ1v) is 5.71. The highest BCUT2D eigenvalue weighted by molar-refractivity contribution is 4.72. The lowest BCUT2D eigenvalue weighted by molar-refractivity contribution is -0.0382. The average molecular weight is 200 g/mol. The molecule has 0 N–H and O–H groups in total. The summed E-state index contributed by atoms with van der Waals surface area (Å²) in [5.74, 6) is 0. The number of hydrogen-bond donors (Lipinski definition) is 0. The lowest BCUT2D eigenvalue weighted by Gasteiger charge is -2.34. The molecule has 1 saturated heterocycles. The van der Waals surface area contributed by atoms with Crippen LogP contribution in [0, 0.1) is 0 Å². The zero-order valence-corrected chi connectivity index (χ0v) is 9.83. The molecule has 0 saturated carbocycles. The standard InChI is InChI=1S/C11H24N2O/c1-4-5-6-13-7-8-14-11(10-13)9-12(2)3/h11H,4-10H2,1-3H3/t11-/m0/s1. The maximum atomic E-state index is 5.72. The van der Waals surface area contributed by atoms with Gasteiger partial charge in [0.1, 0.15) is 0 Å². The van der Waals surface area contributed by atoms with Gasteiger partial charge < -0.3 is 9.64 Å². The number of morpholine rings is 1. The molecule has 1 aliphatic heterocycles. The second-order valence-corrected chi connectivity index (χ2v) is 4.41. The minimum absolute atomic E-state index is 0.413. The van der Waals surface area contributed by atoms with Gasteiger partial charge in [-0.1, -0.05) is 13.3 Å². The monoisotopic (exact) mass is 200 g/mol. The van der Waals surface area contributed by atoms with Crippen molar-refractivity contribution in [1.29, 1.82) is 0 Å². The number of rotatable bonds is 5. The van der Waals surface area contributed by atoms with Gasteiger partial charge >= 0.3 is 0 Å². The van der Waals surface area contributed by atoms with Crippen molar-refractivity contribution in [2.24, 2.45) is 0 Å². The van der Waals surface area contributed by atoms with Crippen LogP contribution in [0.5, 0.6) is 0 Å². The van der Waals surface area contributed by atoms with Gasteiger partial charge in [-0.05, 0) is 27.1 Å². The van der Waals surface area contributed by atoms with E-state index in [-0.39, 0.29) is 0 Å². The minimum Gasteiger partial charge on any atom is -0.374 e. The topological polar surface area (TPSA) is 15.7 Å². The lowest BCUT2D eigenvalue weighted by Crippen LogP contribution is -2.46. The van der Waals surface area contributed by atoms with Crippen molar-refractivity contribution in [1.82, 2.24) is 9.80 Å². The van der Waals surface area contributed by atoms with E-state index in [4.69, 9.17) is 4.74 Å². The van der Waals surface area contributed by atoms with Crippen LogP contribution in [0.25, 0.3) is 0 Å². The molecule has 0 bridgehead atoms. The Bertz CT molecular complexity index is 150. The highest BCUT2D eigenvalue weighted by Gasteiger charge is 2.19. The Balaban J connectivity index is 2.21. The number of unbranched alkanes of at least 4 members (excludes halogenated alkanes) is 1. The van der Waals surface area contributed by atoms with Crippen molar-refractivity contribution in [2.75, 3.05) is 46.9 Å². The Morgan fingerprint density at radius 2 is 2.21 bits per heavy atom. The average Bonchev–Trinajstić information content (AvgIpc) is 2.14. The third-order valence-electron chi connectivity index (χ3n) is 2.62. The van der Waals surface area contributed by atoms with Gasteiger partial charge in [0.25, 0.3) is 0 Å². The van der Waals surface area contributed by atoms with Crippen LogP contribution < -0.4 is 0 Å². The zero-order valence-electron chi connectivity index (χ0n) is 9.83. The van der Waals surface area contributed by atoms with Crippen molar-refractivity contribution in [3.05, 3.63) is 0 Å². The lowest BCUT2D eigenvalue weighted by atomic mass is 10.2. The first-order chi connectivity index (χ1) is 6.72. The third kappa shape index (κ3) is 4.40. The molecule has 0 aromatic heterocycles. The first-order valence-electron chi connectivity index (χ1n) is 5.71. The zero-order chi connectivity index (χ0) is 10.4. The summed E-state index contributed by atoms with van der Waals surface area (Å²) in [6.07, 6.45) is 3.01. The first kappa shape index (κ1) is 12.0. The van der Waals surface area contributed by atoms with Gasteiger partial charge in [0.2, 0.25) is 0 Å². The molecule has 0 aliphatic carbocycles. The highest BCUT2D eigenvalue weighted by atomic mass is 16.5. The van der Waals surface area contributed by atoms with Crippen molar-refractivity contribution < 1.29 is 4.74 Å². The largest absolute Gasteiger partial charge is 0.374 e. The normalized spacial score (nSPS) is 24.4. The van der Waals surface area contributed by atoms with Gasteiger partial charge in [-0.2, -0.15) is 0 Å². The molecule has 0 unspecified atom stereocenters. The molecule has 1 aliphatic rings. The summed E-state index contributed by atoms with van der Waals surface area (Å²) in [7, 11) is 4.21. The van der Waals surface area contributed by atoms with Crippen LogP contribution in [0.1, 0.15) is 19.8 Å². The maximum absolute atomic E-state index is 5.72. The summed E-state index contributed by atoms with van der Waals surface area (Å²) >= 11 is 0. The molecule has 0 spiro atoms. The van der Waals surface area contributed by atoms with Crippen molar-refractivity contribution in [3.8, 4) is 0 Å². The summed E-state index contributed by atoms with van der Waals surface area (Å²) in [5, 5.41) is 0. The smallest absolute Gasteiger partial charge is 0.0829 e. The molecule has 14 heavy (non-hydrogen) atoms. The number of hydrogen-bond acceptors (Lipinski definition) is 3. The molecule has 0 amide bonds. The second kappa shape index (κ2) is 6.38. The van der Waals surface area contributed by atoms with Crippen molar-refractivity contribution in [3.63, 3.8) is 0 Å². The number of likely N-dealkylation sites (N-methyl/N-ethyl adjacent to an activating group) is 1. The summed E-state index contributed by atoms with van der Waals surface area (Å²) in [5.41, 5.74) is 0. The van der Waals surface area contributed by atoms with E-state index in [1.807, 2.05) is 0 Å². The molecular weight excluding hydrogens is 176 g/mol. The number of nitrogens with zero attached hydrogens (tertiary/aromatic N) is 2. The summed E-state index contributed by atoms with van der Waals surface area (Å²) < 4.78 is 5.72. The molecule has 1 fully saturated rings. The van der Waals surface area contributed by atoms with Gasteiger partial charge in [-0.3, -0.25) is 4.90 Å². The van der Waals surface area contributed by atoms with Gasteiger partial charge in [0, 0.05) is 19.6 Å². The fraction of sp³-hybridized carbons (Fsp3) is 1.00. The van der Waals surface area contributed by atoms with Crippen LogP contribution in [-0.4, -0.2) is 62.8 Å². The Hall–Kier alpha value is -0.120. The second-order valence-electron chi connectivity index (χ2n) is 4.41. The van der Waals surface area contributed by atoms with Gasteiger partial charge in [0.15, 0.2) is 0 Å². The van der Waals surface area contributed by atoms with E-state index < -0.39 is 0 Å². The maximum Gasteiger partial charge on any atom is 0.0829 e. The predicted molar refractivity (Wildman–Crippen MR) is 59.6 cm³/mol. The predicted octanol–water partition coefficient (Wildman–Crippen LogP) is 1.05. The van der Waals surface area contributed by atoms with Gasteiger partial charge in [-0.25, -0.2) is 0 Å².